The molecule has 0 amide bonds. The molecule has 0 atom stereocenters. The van der Waals surface area contributed by atoms with Gasteiger partial charge in [-0.25, -0.2) is 0 Å². The highest BCUT2D eigenvalue weighted by Crippen LogP contribution is 2.20. The zero-order chi connectivity index (χ0) is 18.1. The molecule has 0 aliphatic heterocycles. The standard InChI is InChI=1S/C19H35NO3Si/c1-4-13-24(2,3)14-5-12-23-18-8-6-17(7-9-18)10-11-19(20,15-21)16-22/h6-9,21-22H,4-5,10-16,20H2,1-3H3. The summed E-state index contributed by atoms with van der Waals surface area (Å²) in [5.41, 5.74) is 6.13. The highest BCUT2D eigenvalue weighted by atomic mass is 28.3. The third-order valence-corrected chi connectivity index (χ3v) is 8.22. The van der Waals surface area contributed by atoms with Gasteiger partial charge in [0.2, 0.25) is 0 Å². The molecule has 138 valence electrons. The Balaban J connectivity index is 2.35. The largest absolute Gasteiger partial charge is 0.494 e. The van der Waals surface area contributed by atoms with Crippen LogP contribution in [0, 0.1) is 0 Å². The number of hydrogen-bond donors (Lipinski definition) is 3. The van der Waals surface area contributed by atoms with E-state index in [-0.39, 0.29) is 13.2 Å². The zero-order valence-electron chi connectivity index (χ0n) is 15.6. The van der Waals surface area contributed by atoms with Crippen LogP contribution in [0.1, 0.15) is 31.7 Å². The molecule has 1 aromatic rings. The van der Waals surface area contributed by atoms with Crippen LogP contribution in [0.4, 0.5) is 0 Å². The summed E-state index contributed by atoms with van der Waals surface area (Å²) in [6.45, 7) is 7.55. The number of aliphatic hydroxyl groups excluding tert-OH is 2. The molecule has 0 unspecified atom stereocenters. The predicted molar refractivity (Wildman–Crippen MR) is 103 cm³/mol. The smallest absolute Gasteiger partial charge is 0.119 e. The molecule has 0 aliphatic rings. The molecule has 1 rings (SSSR count). The van der Waals surface area contributed by atoms with E-state index in [4.69, 9.17) is 10.5 Å². The first-order valence-electron chi connectivity index (χ1n) is 9.06. The van der Waals surface area contributed by atoms with E-state index in [1.165, 1.54) is 18.5 Å². The topological polar surface area (TPSA) is 75.7 Å². The lowest BCUT2D eigenvalue weighted by Crippen LogP contribution is -2.47. The van der Waals surface area contributed by atoms with Crippen molar-refractivity contribution < 1.29 is 14.9 Å². The molecular formula is C19H35NO3Si. The van der Waals surface area contributed by atoms with Gasteiger partial charge in [-0.15, -0.1) is 0 Å². The Morgan fingerprint density at radius 3 is 2.25 bits per heavy atom. The van der Waals surface area contributed by atoms with Crippen LogP contribution in [-0.2, 0) is 6.42 Å². The molecule has 0 saturated carbocycles. The number of ether oxygens (including phenoxy) is 1. The van der Waals surface area contributed by atoms with Gasteiger partial charge in [0.05, 0.1) is 25.4 Å². The number of hydrogen-bond acceptors (Lipinski definition) is 4. The van der Waals surface area contributed by atoms with E-state index >= 15 is 0 Å². The van der Waals surface area contributed by atoms with Crippen LogP contribution in [0.5, 0.6) is 5.75 Å². The average Bonchev–Trinajstić information content (AvgIpc) is 2.57. The summed E-state index contributed by atoms with van der Waals surface area (Å²) in [6.07, 6.45) is 3.70. The van der Waals surface area contributed by atoms with Gasteiger partial charge in [-0.2, -0.15) is 0 Å². The molecule has 0 bridgehead atoms. The number of aliphatic hydroxyl groups is 2. The summed E-state index contributed by atoms with van der Waals surface area (Å²) in [6, 6.07) is 10.7. The van der Waals surface area contributed by atoms with E-state index in [1.807, 2.05) is 24.3 Å². The van der Waals surface area contributed by atoms with Crippen molar-refractivity contribution in [3.8, 4) is 5.75 Å². The molecule has 24 heavy (non-hydrogen) atoms. The third kappa shape index (κ3) is 7.79. The SMILES string of the molecule is CCC[Si](C)(C)CCCOc1ccc(CCC(N)(CO)CO)cc1. The summed E-state index contributed by atoms with van der Waals surface area (Å²) in [7, 11) is -1.02. The average molecular weight is 354 g/mol. The maximum absolute atomic E-state index is 9.22. The van der Waals surface area contributed by atoms with Gasteiger partial charge in [-0.1, -0.05) is 50.7 Å². The minimum atomic E-state index is -1.02. The normalized spacial score (nSPS) is 12.4. The summed E-state index contributed by atoms with van der Waals surface area (Å²) in [5, 5.41) is 18.4. The van der Waals surface area contributed by atoms with Gasteiger partial charge in [0.25, 0.3) is 0 Å². The number of benzene rings is 1. The van der Waals surface area contributed by atoms with Crippen molar-refractivity contribution in [2.75, 3.05) is 19.8 Å². The highest BCUT2D eigenvalue weighted by molar-refractivity contribution is 6.77. The van der Waals surface area contributed by atoms with Crippen molar-refractivity contribution in [3.63, 3.8) is 0 Å². The molecule has 0 spiro atoms. The molecular weight excluding hydrogens is 318 g/mol. The van der Waals surface area contributed by atoms with Crippen molar-refractivity contribution in [1.29, 1.82) is 0 Å². The van der Waals surface area contributed by atoms with Gasteiger partial charge in [-0.3, -0.25) is 0 Å². The fourth-order valence-electron chi connectivity index (χ4n) is 2.90. The number of nitrogens with two attached hydrogens (primary N) is 1. The first-order valence-corrected chi connectivity index (χ1v) is 12.5. The molecule has 0 saturated heterocycles. The Bertz CT molecular complexity index is 458. The lowest BCUT2D eigenvalue weighted by Gasteiger charge is -2.24. The monoisotopic (exact) mass is 353 g/mol. The second-order valence-electron chi connectivity index (χ2n) is 7.69. The van der Waals surface area contributed by atoms with Crippen LogP contribution in [0.25, 0.3) is 0 Å². The Morgan fingerprint density at radius 2 is 1.71 bits per heavy atom. The summed E-state index contributed by atoms with van der Waals surface area (Å²) in [5.74, 6) is 0.900. The van der Waals surface area contributed by atoms with Crippen molar-refractivity contribution in [2.24, 2.45) is 5.73 Å². The Kier molecular flexibility index (Phi) is 8.98. The predicted octanol–water partition coefficient (Wildman–Crippen LogP) is 3.19. The van der Waals surface area contributed by atoms with Crippen LogP contribution >= 0.6 is 0 Å². The summed E-state index contributed by atoms with van der Waals surface area (Å²) in [4.78, 5) is 0. The molecule has 0 radical (unpaired) electrons. The quantitative estimate of drug-likeness (QED) is 0.398. The number of aryl methyl sites for hydroxylation is 1. The zero-order valence-corrected chi connectivity index (χ0v) is 16.6. The van der Waals surface area contributed by atoms with E-state index in [1.54, 1.807) is 0 Å². The Hall–Kier alpha value is -0.883. The first kappa shape index (κ1) is 21.2. The van der Waals surface area contributed by atoms with E-state index in [2.05, 4.69) is 20.0 Å². The van der Waals surface area contributed by atoms with E-state index in [9.17, 15) is 10.2 Å². The van der Waals surface area contributed by atoms with Gasteiger partial charge in [0.1, 0.15) is 5.75 Å². The molecule has 1 aromatic carbocycles. The van der Waals surface area contributed by atoms with Crippen LogP contribution in [0.3, 0.4) is 0 Å². The highest BCUT2D eigenvalue weighted by Gasteiger charge is 2.22. The molecule has 0 aromatic heterocycles. The Labute approximate surface area is 148 Å². The summed E-state index contributed by atoms with van der Waals surface area (Å²) >= 11 is 0. The molecule has 4 nitrogen and oxygen atoms in total. The maximum Gasteiger partial charge on any atom is 0.119 e. The number of rotatable bonds is 12. The van der Waals surface area contributed by atoms with Crippen LogP contribution in [0.2, 0.25) is 25.2 Å². The van der Waals surface area contributed by atoms with Gasteiger partial charge in [0, 0.05) is 8.07 Å². The van der Waals surface area contributed by atoms with Gasteiger partial charge in [-0.05, 0) is 37.0 Å². The molecule has 5 heteroatoms. The van der Waals surface area contributed by atoms with Gasteiger partial charge in [0.15, 0.2) is 0 Å². The minimum Gasteiger partial charge on any atom is -0.494 e. The van der Waals surface area contributed by atoms with E-state index in [0.29, 0.717) is 6.42 Å². The second-order valence-corrected chi connectivity index (χ2v) is 13.0. The second kappa shape index (κ2) is 10.2. The van der Waals surface area contributed by atoms with Gasteiger partial charge < -0.3 is 20.7 Å². The van der Waals surface area contributed by atoms with E-state index in [0.717, 1.165) is 30.8 Å². The minimum absolute atomic E-state index is 0.206. The fourth-order valence-corrected chi connectivity index (χ4v) is 5.60. The lowest BCUT2D eigenvalue weighted by molar-refractivity contribution is 0.115. The van der Waals surface area contributed by atoms with Crippen molar-refractivity contribution in [1.82, 2.24) is 0 Å². The Morgan fingerprint density at radius 1 is 1.08 bits per heavy atom. The van der Waals surface area contributed by atoms with E-state index < -0.39 is 13.6 Å². The third-order valence-electron chi connectivity index (χ3n) is 4.66. The van der Waals surface area contributed by atoms with Crippen molar-refractivity contribution in [3.05, 3.63) is 29.8 Å². The van der Waals surface area contributed by atoms with Crippen LogP contribution < -0.4 is 10.5 Å². The van der Waals surface area contributed by atoms with Crippen LogP contribution in [-0.4, -0.2) is 43.6 Å². The first-order chi connectivity index (χ1) is 11.3. The van der Waals surface area contributed by atoms with Crippen LogP contribution in [0.15, 0.2) is 24.3 Å². The van der Waals surface area contributed by atoms with Gasteiger partial charge >= 0.3 is 0 Å². The molecule has 0 fully saturated rings. The lowest BCUT2D eigenvalue weighted by atomic mass is 9.94. The fraction of sp³-hybridized carbons (Fsp3) is 0.684. The van der Waals surface area contributed by atoms with Crippen molar-refractivity contribution in [2.45, 2.75) is 63.3 Å². The molecule has 0 aliphatic carbocycles. The molecule has 0 heterocycles. The maximum atomic E-state index is 9.22. The molecule has 4 N–H and O–H groups in total. The summed E-state index contributed by atoms with van der Waals surface area (Å²) < 4.78 is 5.84. The van der Waals surface area contributed by atoms with Crippen molar-refractivity contribution >= 4 is 8.07 Å².